The number of rotatable bonds is 7. The van der Waals surface area contributed by atoms with Crippen LogP contribution in [0.4, 0.5) is 0 Å². The average Bonchev–Trinajstić information content (AvgIpc) is 3.05. The van der Waals surface area contributed by atoms with Gasteiger partial charge in [0.15, 0.2) is 0 Å². The topological polar surface area (TPSA) is 36.9 Å². The van der Waals surface area contributed by atoms with Gasteiger partial charge in [0, 0.05) is 19.6 Å². The van der Waals surface area contributed by atoms with Gasteiger partial charge in [0.25, 0.3) is 0 Å². The number of methoxy groups -OCH3 is 4. The van der Waals surface area contributed by atoms with E-state index in [1.807, 2.05) is 6.07 Å². The molecule has 0 amide bonds. The second kappa shape index (κ2) is 11.9. The first kappa shape index (κ1) is 29.5. The average molecular weight is 585 g/mol. The van der Waals surface area contributed by atoms with E-state index in [1.54, 1.807) is 28.4 Å². The SMILES string of the molecule is COC1=CC(c2cc3ccccc3c(-c3c(C)c(-c4cc(OC)cc(OC)c4C)cc4ccccc34)c2C)=C(C)[C@@H](OC)C1. The Kier molecular flexibility index (Phi) is 7.96. The van der Waals surface area contributed by atoms with E-state index in [-0.39, 0.29) is 6.10 Å². The molecule has 0 N–H and O–H groups in total. The lowest BCUT2D eigenvalue weighted by atomic mass is 9.80. The Morgan fingerprint density at radius 1 is 0.591 bits per heavy atom. The number of benzene rings is 5. The van der Waals surface area contributed by atoms with Crippen LogP contribution in [0, 0.1) is 20.8 Å². The standard InChI is InChI=1S/C40H40O4/c1-23-35(19-29(41-5)21-37(23)43-7)33-17-27-13-9-11-15-31(27)39(25(33)3)40-26(4)34(18-28-14-10-12-16-32(28)40)36-20-30(42-6)22-38(44-8)24(36)2/h9-21,38H,22H2,1-8H3/t38-/m0/s1. The Morgan fingerprint density at radius 2 is 1.16 bits per heavy atom. The van der Waals surface area contributed by atoms with Gasteiger partial charge in [-0.1, -0.05) is 48.5 Å². The number of hydrogen-bond donors (Lipinski definition) is 0. The zero-order valence-electron chi connectivity index (χ0n) is 26.9. The monoisotopic (exact) mass is 584 g/mol. The van der Waals surface area contributed by atoms with Crippen molar-refractivity contribution < 1.29 is 18.9 Å². The highest BCUT2D eigenvalue weighted by Gasteiger charge is 2.26. The van der Waals surface area contributed by atoms with E-state index < -0.39 is 0 Å². The maximum Gasteiger partial charge on any atom is 0.126 e. The Balaban J connectivity index is 1.74. The van der Waals surface area contributed by atoms with Crippen LogP contribution in [0.1, 0.15) is 35.6 Å². The molecule has 0 fully saturated rings. The highest BCUT2D eigenvalue weighted by molar-refractivity contribution is 6.11. The third-order valence-corrected chi connectivity index (χ3v) is 9.38. The summed E-state index contributed by atoms with van der Waals surface area (Å²) in [6.07, 6.45) is 2.90. The molecule has 4 heteroatoms. The predicted molar refractivity (Wildman–Crippen MR) is 183 cm³/mol. The summed E-state index contributed by atoms with van der Waals surface area (Å²) in [4.78, 5) is 0. The first-order valence-corrected chi connectivity index (χ1v) is 15.1. The first-order valence-electron chi connectivity index (χ1n) is 15.1. The summed E-state index contributed by atoms with van der Waals surface area (Å²) < 4.78 is 23.2. The van der Waals surface area contributed by atoms with Crippen molar-refractivity contribution >= 4 is 27.1 Å². The van der Waals surface area contributed by atoms with Gasteiger partial charge >= 0.3 is 0 Å². The maximum atomic E-state index is 5.92. The van der Waals surface area contributed by atoms with Crippen LogP contribution < -0.4 is 9.47 Å². The summed E-state index contributed by atoms with van der Waals surface area (Å²) in [5, 5.41) is 4.84. The van der Waals surface area contributed by atoms with E-state index in [9.17, 15) is 0 Å². The summed E-state index contributed by atoms with van der Waals surface area (Å²) in [5.41, 5.74) is 11.8. The number of ether oxygens (including phenoxy) is 4. The van der Waals surface area contributed by atoms with E-state index in [0.717, 1.165) is 45.9 Å². The fourth-order valence-electron chi connectivity index (χ4n) is 6.91. The van der Waals surface area contributed by atoms with Crippen molar-refractivity contribution in [3.8, 4) is 33.8 Å². The summed E-state index contributed by atoms with van der Waals surface area (Å²) in [6, 6.07) is 26.1. The van der Waals surface area contributed by atoms with Crippen LogP contribution in [0.2, 0.25) is 0 Å². The van der Waals surface area contributed by atoms with Crippen molar-refractivity contribution in [2.45, 2.75) is 40.2 Å². The molecule has 5 aromatic rings. The van der Waals surface area contributed by atoms with Crippen molar-refractivity contribution in [3.63, 3.8) is 0 Å². The fraction of sp³-hybridized carbons (Fsp3) is 0.250. The second-order valence-corrected chi connectivity index (χ2v) is 11.6. The van der Waals surface area contributed by atoms with Gasteiger partial charge < -0.3 is 18.9 Å². The summed E-state index contributed by atoms with van der Waals surface area (Å²) in [5.74, 6) is 2.51. The highest BCUT2D eigenvalue weighted by atomic mass is 16.5. The Labute approximate surface area is 260 Å². The normalized spacial score (nSPS) is 15.1. The highest BCUT2D eigenvalue weighted by Crippen LogP contribution is 2.47. The van der Waals surface area contributed by atoms with Crippen LogP contribution in [0.25, 0.3) is 49.4 Å². The van der Waals surface area contributed by atoms with E-state index in [2.05, 4.69) is 101 Å². The molecule has 4 nitrogen and oxygen atoms in total. The van der Waals surface area contributed by atoms with Crippen LogP contribution >= 0.6 is 0 Å². The smallest absolute Gasteiger partial charge is 0.126 e. The number of hydrogen-bond acceptors (Lipinski definition) is 4. The van der Waals surface area contributed by atoms with Gasteiger partial charge in [-0.3, -0.25) is 0 Å². The summed E-state index contributed by atoms with van der Waals surface area (Å²) in [6.45, 7) is 8.81. The zero-order chi connectivity index (χ0) is 31.1. The molecule has 0 unspecified atom stereocenters. The van der Waals surface area contributed by atoms with Gasteiger partial charge in [0.05, 0.1) is 33.2 Å². The summed E-state index contributed by atoms with van der Waals surface area (Å²) >= 11 is 0. The summed E-state index contributed by atoms with van der Waals surface area (Å²) in [7, 11) is 6.93. The first-order chi connectivity index (χ1) is 21.3. The van der Waals surface area contributed by atoms with Crippen LogP contribution in [0.5, 0.6) is 11.5 Å². The number of fused-ring (bicyclic) bond motifs is 2. The van der Waals surface area contributed by atoms with Crippen molar-refractivity contribution in [1.29, 1.82) is 0 Å². The fourth-order valence-corrected chi connectivity index (χ4v) is 6.91. The number of allylic oxidation sites excluding steroid dienone is 2. The molecule has 5 aromatic carbocycles. The van der Waals surface area contributed by atoms with E-state index in [4.69, 9.17) is 18.9 Å². The Morgan fingerprint density at radius 3 is 1.73 bits per heavy atom. The van der Waals surface area contributed by atoms with E-state index in [0.29, 0.717) is 0 Å². The van der Waals surface area contributed by atoms with Gasteiger partial charge in [-0.2, -0.15) is 0 Å². The van der Waals surface area contributed by atoms with Crippen molar-refractivity contribution in [3.05, 3.63) is 112 Å². The minimum atomic E-state index is -0.0313. The molecule has 44 heavy (non-hydrogen) atoms. The quantitative estimate of drug-likeness (QED) is 0.191. The molecule has 6 rings (SSSR count). The Hall–Kier alpha value is -4.54. The van der Waals surface area contributed by atoms with Crippen LogP contribution in [-0.2, 0) is 9.47 Å². The molecule has 0 saturated heterocycles. The molecular weight excluding hydrogens is 544 g/mol. The van der Waals surface area contributed by atoms with E-state index in [1.165, 1.54) is 54.9 Å². The molecule has 0 aliphatic heterocycles. The van der Waals surface area contributed by atoms with Gasteiger partial charge in [0.1, 0.15) is 11.5 Å². The predicted octanol–water partition coefficient (Wildman–Crippen LogP) is 9.99. The third kappa shape index (κ3) is 4.84. The molecular formula is C40H40O4. The lowest BCUT2D eigenvalue weighted by Gasteiger charge is -2.27. The molecule has 0 bridgehead atoms. The van der Waals surface area contributed by atoms with Gasteiger partial charge in [0.2, 0.25) is 0 Å². The molecule has 0 spiro atoms. The van der Waals surface area contributed by atoms with Gasteiger partial charge in [-0.05, 0) is 129 Å². The van der Waals surface area contributed by atoms with Crippen molar-refractivity contribution in [1.82, 2.24) is 0 Å². The second-order valence-electron chi connectivity index (χ2n) is 11.6. The Bertz CT molecular complexity index is 1980. The molecule has 224 valence electrons. The zero-order valence-corrected chi connectivity index (χ0v) is 26.9. The molecule has 0 saturated carbocycles. The minimum Gasteiger partial charge on any atom is -0.501 e. The molecule has 0 aromatic heterocycles. The lowest BCUT2D eigenvalue weighted by Crippen LogP contribution is -2.19. The maximum absolute atomic E-state index is 5.92. The van der Waals surface area contributed by atoms with Crippen LogP contribution in [0.15, 0.2) is 90.2 Å². The van der Waals surface area contributed by atoms with Gasteiger partial charge in [-0.15, -0.1) is 0 Å². The molecule has 1 aliphatic rings. The largest absolute Gasteiger partial charge is 0.501 e. The molecule has 1 atom stereocenters. The van der Waals surface area contributed by atoms with Crippen molar-refractivity contribution in [2.24, 2.45) is 0 Å². The van der Waals surface area contributed by atoms with Crippen LogP contribution in [-0.4, -0.2) is 34.5 Å². The van der Waals surface area contributed by atoms with Crippen molar-refractivity contribution in [2.75, 3.05) is 28.4 Å². The third-order valence-electron chi connectivity index (χ3n) is 9.38. The molecule has 0 radical (unpaired) electrons. The van der Waals surface area contributed by atoms with Gasteiger partial charge in [-0.25, -0.2) is 0 Å². The van der Waals surface area contributed by atoms with E-state index >= 15 is 0 Å². The molecule has 0 heterocycles. The lowest BCUT2D eigenvalue weighted by molar-refractivity contribution is 0.113. The molecule has 1 aliphatic carbocycles. The minimum absolute atomic E-state index is 0.0313. The van der Waals surface area contributed by atoms with Crippen LogP contribution in [0.3, 0.4) is 0 Å².